The van der Waals surface area contributed by atoms with Crippen molar-refractivity contribution in [2.75, 3.05) is 5.09 Å². The molecule has 0 fully saturated rings. The van der Waals surface area contributed by atoms with Gasteiger partial charge in [0.25, 0.3) is 0 Å². The van der Waals surface area contributed by atoms with Gasteiger partial charge in [-0.1, -0.05) is 18.2 Å². The number of rotatable bonds is 2. The molecule has 1 aromatic carbocycles. The summed E-state index contributed by atoms with van der Waals surface area (Å²) in [7, 11) is -4.27. The third kappa shape index (κ3) is 3.56. The number of nitrogens with one attached hydrogen (secondary N) is 1. The molecule has 0 amide bonds. The van der Waals surface area contributed by atoms with Crippen molar-refractivity contribution in [3.8, 4) is 0 Å². The summed E-state index contributed by atoms with van der Waals surface area (Å²) in [6, 6.07) is 6.49. The van der Waals surface area contributed by atoms with Gasteiger partial charge in [-0.25, -0.2) is 0 Å². The van der Waals surface area contributed by atoms with Crippen molar-refractivity contribution in [2.24, 2.45) is 0 Å². The first-order valence-corrected chi connectivity index (χ1v) is 5.31. The van der Waals surface area contributed by atoms with Crippen LogP contribution in [0, 0.1) is 0 Å². The Morgan fingerprint density at radius 2 is 1.25 bits per heavy atom. The maximum absolute atomic E-state index is 12.1. The van der Waals surface area contributed by atoms with Gasteiger partial charge in [0.1, 0.15) is 0 Å². The van der Waals surface area contributed by atoms with Gasteiger partial charge in [0.2, 0.25) is 8.07 Å². The van der Waals surface area contributed by atoms with Crippen LogP contribution >= 0.6 is 8.07 Å². The summed E-state index contributed by atoms with van der Waals surface area (Å²) < 4.78 is 72.9. The molecule has 0 heterocycles. The highest BCUT2D eigenvalue weighted by atomic mass is 31.1. The number of para-hydroxylation sites is 1. The van der Waals surface area contributed by atoms with E-state index >= 15 is 0 Å². The van der Waals surface area contributed by atoms with E-state index in [0.717, 1.165) is 12.1 Å². The molecular weight excluding hydrogens is 255 g/mol. The van der Waals surface area contributed by atoms with E-state index in [-0.39, 0.29) is 5.69 Å². The number of hydrogen-bond donors (Lipinski definition) is 1. The summed E-state index contributed by atoms with van der Waals surface area (Å²) in [5.74, 6) is -10.6. The molecule has 1 N–H and O–H groups in total. The molecule has 0 aliphatic carbocycles. The lowest BCUT2D eigenvalue weighted by Crippen LogP contribution is -2.22. The first kappa shape index (κ1) is 13.1. The number of benzene rings is 1. The van der Waals surface area contributed by atoms with Gasteiger partial charge in [0, 0.05) is 5.69 Å². The van der Waals surface area contributed by atoms with E-state index in [1.807, 2.05) is 0 Å². The normalized spacial score (nSPS) is 12.9. The van der Waals surface area contributed by atoms with Crippen molar-refractivity contribution in [1.82, 2.24) is 0 Å². The Kier molecular flexibility index (Phi) is 3.68. The van der Waals surface area contributed by atoms with Crippen LogP contribution in [0.25, 0.3) is 0 Å². The Labute approximate surface area is 88.3 Å². The molecule has 0 atom stereocenters. The zero-order chi connectivity index (χ0) is 12.4. The van der Waals surface area contributed by atoms with Crippen molar-refractivity contribution in [3.05, 3.63) is 30.3 Å². The van der Waals surface area contributed by atoms with Crippen LogP contribution < -0.4 is 5.09 Å². The van der Waals surface area contributed by atoms with Crippen LogP contribution in [-0.2, 0) is 0 Å². The summed E-state index contributed by atoms with van der Waals surface area (Å²) in [5.41, 5.74) is -0.205. The topological polar surface area (TPSA) is 12.0 Å². The Balaban J connectivity index is 2.89. The molecule has 0 unspecified atom stereocenters. The largest absolute Gasteiger partial charge is 0.432 e. The molecule has 0 radical (unpaired) electrons. The number of halogens is 6. The van der Waals surface area contributed by atoms with Gasteiger partial charge in [-0.05, 0) is 12.1 Å². The minimum Gasteiger partial charge on any atom is -0.350 e. The second-order valence-electron chi connectivity index (χ2n) is 2.75. The molecule has 0 bridgehead atoms. The lowest BCUT2D eigenvalue weighted by Gasteiger charge is -2.24. The molecule has 0 spiro atoms. The molecule has 1 rings (SSSR count). The van der Waals surface area contributed by atoms with E-state index in [0.29, 0.717) is 0 Å². The zero-order valence-corrected chi connectivity index (χ0v) is 8.50. The Morgan fingerprint density at radius 1 is 0.812 bits per heavy atom. The first-order valence-electron chi connectivity index (χ1n) is 3.97. The van der Waals surface area contributed by atoms with E-state index in [9.17, 15) is 26.3 Å². The Morgan fingerprint density at radius 3 is 1.62 bits per heavy atom. The molecule has 0 saturated heterocycles. The highest BCUT2D eigenvalue weighted by Crippen LogP contribution is 2.63. The van der Waals surface area contributed by atoms with Gasteiger partial charge in [0.15, 0.2) is 0 Å². The van der Waals surface area contributed by atoms with Crippen LogP contribution in [0.5, 0.6) is 0 Å². The molecule has 8 heteroatoms. The predicted octanol–water partition coefficient (Wildman–Crippen LogP) is 4.54. The number of anilines is 1. The second kappa shape index (κ2) is 4.49. The highest BCUT2D eigenvalue weighted by molar-refractivity contribution is 7.61. The summed E-state index contributed by atoms with van der Waals surface area (Å²) in [4.78, 5) is 0. The lowest BCUT2D eigenvalue weighted by molar-refractivity contribution is -0.0824. The van der Waals surface area contributed by atoms with E-state index in [1.165, 1.54) is 23.3 Å². The van der Waals surface area contributed by atoms with Gasteiger partial charge in [-0.3, -0.25) is 0 Å². The molecule has 90 valence electrons. The monoisotopic (exact) mass is 261 g/mol. The average molecular weight is 261 g/mol. The SMILES string of the molecule is FC(F)(F)P(Nc1ccccc1)C(F)(F)F. The van der Waals surface area contributed by atoms with Crippen molar-refractivity contribution in [3.63, 3.8) is 0 Å². The minimum absolute atomic E-state index is 0.205. The zero-order valence-electron chi connectivity index (χ0n) is 7.60. The van der Waals surface area contributed by atoms with Crippen LogP contribution in [-0.4, -0.2) is 11.8 Å². The molecule has 1 aromatic rings. The fraction of sp³-hybridized carbons (Fsp3) is 0.250. The maximum atomic E-state index is 12.1. The summed E-state index contributed by atoms with van der Waals surface area (Å²) in [5, 5.41) is 1.47. The standard InChI is InChI=1S/C8H6F6NP/c9-7(10,11)16(8(12,13)14)15-6-4-2-1-3-5-6/h1-5,15H. The van der Waals surface area contributed by atoms with Crippen LogP contribution in [0.4, 0.5) is 32.0 Å². The van der Waals surface area contributed by atoms with Gasteiger partial charge >= 0.3 is 11.8 Å². The van der Waals surface area contributed by atoms with E-state index in [2.05, 4.69) is 0 Å². The summed E-state index contributed by atoms with van der Waals surface area (Å²) in [6.45, 7) is 0. The summed E-state index contributed by atoms with van der Waals surface area (Å²) in [6.07, 6.45) is 0. The minimum atomic E-state index is -5.32. The average Bonchev–Trinajstić information content (AvgIpc) is 2.12. The van der Waals surface area contributed by atoms with Crippen molar-refractivity contribution < 1.29 is 26.3 Å². The second-order valence-corrected chi connectivity index (χ2v) is 4.66. The van der Waals surface area contributed by atoms with Gasteiger partial charge in [0.05, 0.1) is 0 Å². The van der Waals surface area contributed by atoms with Crippen LogP contribution in [0.15, 0.2) is 30.3 Å². The maximum Gasteiger partial charge on any atom is 0.432 e. The molecule has 0 aliphatic rings. The van der Waals surface area contributed by atoms with Crippen molar-refractivity contribution in [1.29, 1.82) is 0 Å². The quantitative estimate of drug-likeness (QED) is 0.609. The third-order valence-corrected chi connectivity index (χ3v) is 3.02. The summed E-state index contributed by atoms with van der Waals surface area (Å²) >= 11 is 0. The fourth-order valence-corrected chi connectivity index (χ4v) is 1.86. The van der Waals surface area contributed by atoms with Crippen molar-refractivity contribution >= 4 is 13.8 Å². The van der Waals surface area contributed by atoms with Gasteiger partial charge < -0.3 is 5.09 Å². The molecule has 16 heavy (non-hydrogen) atoms. The van der Waals surface area contributed by atoms with Gasteiger partial charge in [-0.2, -0.15) is 26.3 Å². The molecule has 1 nitrogen and oxygen atoms in total. The molecule has 0 aliphatic heterocycles. The fourth-order valence-electron chi connectivity index (χ4n) is 0.912. The smallest absolute Gasteiger partial charge is 0.350 e. The molecular formula is C8H6F6NP. The van der Waals surface area contributed by atoms with Crippen molar-refractivity contribution in [2.45, 2.75) is 11.8 Å². The lowest BCUT2D eigenvalue weighted by atomic mass is 10.3. The van der Waals surface area contributed by atoms with Crippen LogP contribution in [0.1, 0.15) is 0 Å². The first-order chi connectivity index (χ1) is 7.21. The molecule has 0 aromatic heterocycles. The van der Waals surface area contributed by atoms with E-state index in [4.69, 9.17) is 0 Å². The molecule has 0 saturated carbocycles. The van der Waals surface area contributed by atoms with Gasteiger partial charge in [-0.15, -0.1) is 0 Å². The van der Waals surface area contributed by atoms with Crippen LogP contribution in [0.3, 0.4) is 0 Å². The predicted molar refractivity (Wildman–Crippen MR) is 49.1 cm³/mol. The number of alkyl halides is 6. The van der Waals surface area contributed by atoms with Crippen LogP contribution in [0.2, 0.25) is 0 Å². The highest BCUT2D eigenvalue weighted by Gasteiger charge is 2.57. The number of hydrogen-bond acceptors (Lipinski definition) is 1. The Hall–Kier alpha value is -0.970. The third-order valence-electron chi connectivity index (χ3n) is 1.52. The Bertz CT molecular complexity index is 319. The van der Waals surface area contributed by atoms with E-state index < -0.39 is 19.9 Å². The van der Waals surface area contributed by atoms with E-state index in [1.54, 1.807) is 0 Å².